The van der Waals surface area contributed by atoms with Crippen LogP contribution in [0.4, 0.5) is 13.2 Å². The molecule has 0 spiro atoms. The minimum atomic E-state index is -4.17. The third kappa shape index (κ3) is 1.90. The van der Waals surface area contributed by atoms with E-state index in [1.54, 1.807) is 0 Å². The van der Waals surface area contributed by atoms with Crippen molar-refractivity contribution in [1.29, 1.82) is 0 Å². The van der Waals surface area contributed by atoms with Gasteiger partial charge < -0.3 is 5.32 Å². The van der Waals surface area contributed by atoms with Gasteiger partial charge in [0.1, 0.15) is 0 Å². The second-order valence-corrected chi connectivity index (χ2v) is 6.23. The first-order valence-electron chi connectivity index (χ1n) is 7.48. The van der Waals surface area contributed by atoms with Crippen molar-refractivity contribution >= 4 is 0 Å². The Morgan fingerprint density at radius 2 is 1.50 bits per heavy atom. The summed E-state index contributed by atoms with van der Waals surface area (Å²) in [5.74, 6) is 0.320. The van der Waals surface area contributed by atoms with E-state index in [2.05, 4.69) is 29.6 Å². The van der Waals surface area contributed by atoms with Gasteiger partial charge in [0.15, 0.2) is 0 Å². The van der Waals surface area contributed by atoms with Crippen LogP contribution in [-0.4, -0.2) is 19.3 Å². The molecule has 0 unspecified atom stereocenters. The van der Waals surface area contributed by atoms with Crippen molar-refractivity contribution < 1.29 is 13.2 Å². The van der Waals surface area contributed by atoms with Crippen LogP contribution in [0.25, 0.3) is 0 Å². The van der Waals surface area contributed by atoms with Gasteiger partial charge in [-0.2, -0.15) is 13.2 Å². The van der Waals surface area contributed by atoms with Gasteiger partial charge in [0, 0.05) is 17.9 Å². The minimum Gasteiger partial charge on any atom is -0.307 e. The molecule has 114 valence electrons. The smallest absolute Gasteiger partial charge is 0.307 e. The van der Waals surface area contributed by atoms with E-state index in [4.69, 9.17) is 0 Å². The maximum absolute atomic E-state index is 12.5. The molecule has 2 aliphatic carbocycles. The Morgan fingerprint density at radius 3 is 2.05 bits per heavy atom. The van der Waals surface area contributed by atoms with Crippen LogP contribution in [0.3, 0.4) is 0 Å². The van der Waals surface area contributed by atoms with E-state index in [1.165, 1.54) is 22.3 Å². The Kier molecular flexibility index (Phi) is 2.89. The van der Waals surface area contributed by atoms with Gasteiger partial charge in [-0.05, 0) is 28.7 Å². The highest BCUT2D eigenvalue weighted by atomic mass is 19.4. The van der Waals surface area contributed by atoms with Crippen molar-refractivity contribution in [3.8, 4) is 0 Å². The standard InChI is InChI=1S/C18H16F3N/c19-18(20,21)11-22-10-17-9-14(12-5-1-3-7-15(12)17)13-6-2-4-8-16(13)17/h1-8,14,22H,9-11H2. The lowest BCUT2D eigenvalue weighted by molar-refractivity contribution is -0.125. The molecule has 2 aliphatic rings. The monoisotopic (exact) mass is 303 g/mol. The molecule has 2 aromatic rings. The quantitative estimate of drug-likeness (QED) is 0.904. The number of hydrogen-bond acceptors (Lipinski definition) is 1. The predicted molar refractivity (Wildman–Crippen MR) is 79.0 cm³/mol. The Balaban J connectivity index is 1.75. The molecule has 0 heterocycles. The highest BCUT2D eigenvalue weighted by Gasteiger charge is 2.52. The average Bonchev–Trinajstić information content (AvgIpc) is 2.99. The van der Waals surface area contributed by atoms with E-state index in [0.717, 1.165) is 6.42 Å². The summed E-state index contributed by atoms with van der Waals surface area (Å²) in [5.41, 5.74) is 4.61. The number of benzene rings is 2. The van der Waals surface area contributed by atoms with Gasteiger partial charge in [-0.15, -0.1) is 0 Å². The first-order chi connectivity index (χ1) is 10.5. The first-order valence-corrected chi connectivity index (χ1v) is 7.48. The molecule has 1 N–H and O–H groups in total. The molecule has 22 heavy (non-hydrogen) atoms. The van der Waals surface area contributed by atoms with E-state index >= 15 is 0 Å². The SMILES string of the molecule is FC(F)(F)CNCC12CC(c3ccccc31)c1ccccc12. The van der Waals surface area contributed by atoms with Gasteiger partial charge in [-0.3, -0.25) is 0 Å². The van der Waals surface area contributed by atoms with Crippen LogP contribution in [-0.2, 0) is 5.41 Å². The van der Waals surface area contributed by atoms with E-state index in [9.17, 15) is 13.2 Å². The number of halogens is 3. The number of hydrogen-bond donors (Lipinski definition) is 1. The first kappa shape index (κ1) is 13.8. The Hall–Kier alpha value is -1.81. The molecule has 1 nitrogen and oxygen atoms in total. The fourth-order valence-corrected chi connectivity index (χ4v) is 4.25. The van der Waals surface area contributed by atoms with Crippen molar-refractivity contribution in [2.24, 2.45) is 0 Å². The van der Waals surface area contributed by atoms with Crippen LogP contribution >= 0.6 is 0 Å². The second kappa shape index (κ2) is 4.59. The van der Waals surface area contributed by atoms with Crippen molar-refractivity contribution in [3.63, 3.8) is 0 Å². The number of nitrogens with one attached hydrogen (secondary N) is 1. The molecule has 2 bridgehead atoms. The summed E-state index contributed by atoms with van der Waals surface area (Å²) < 4.78 is 37.5. The van der Waals surface area contributed by atoms with Gasteiger partial charge in [0.05, 0.1) is 6.54 Å². The largest absolute Gasteiger partial charge is 0.401 e. The van der Waals surface area contributed by atoms with Crippen LogP contribution in [0.1, 0.15) is 34.6 Å². The van der Waals surface area contributed by atoms with Crippen molar-refractivity contribution in [3.05, 3.63) is 70.8 Å². The summed E-state index contributed by atoms with van der Waals surface area (Å²) >= 11 is 0. The fraction of sp³-hybridized carbons (Fsp3) is 0.333. The average molecular weight is 303 g/mol. The zero-order chi connectivity index (χ0) is 15.4. The van der Waals surface area contributed by atoms with Crippen LogP contribution in [0.5, 0.6) is 0 Å². The molecular weight excluding hydrogens is 287 g/mol. The van der Waals surface area contributed by atoms with E-state index in [1.807, 2.05) is 24.3 Å². The molecule has 0 fully saturated rings. The van der Waals surface area contributed by atoms with Gasteiger partial charge in [-0.1, -0.05) is 48.5 Å². The van der Waals surface area contributed by atoms with E-state index in [0.29, 0.717) is 12.5 Å². The molecule has 0 saturated carbocycles. The maximum Gasteiger partial charge on any atom is 0.401 e. The van der Waals surface area contributed by atoms with Crippen molar-refractivity contribution in [2.45, 2.75) is 23.9 Å². The van der Waals surface area contributed by atoms with Crippen molar-refractivity contribution in [1.82, 2.24) is 5.32 Å². The topological polar surface area (TPSA) is 12.0 Å². The van der Waals surface area contributed by atoms with Gasteiger partial charge in [0.2, 0.25) is 0 Å². The second-order valence-electron chi connectivity index (χ2n) is 6.23. The summed E-state index contributed by atoms with van der Waals surface area (Å²) in [6, 6.07) is 16.4. The summed E-state index contributed by atoms with van der Waals surface area (Å²) in [4.78, 5) is 0. The van der Waals surface area contributed by atoms with Crippen LogP contribution in [0.15, 0.2) is 48.5 Å². The molecule has 4 heteroatoms. The van der Waals surface area contributed by atoms with Gasteiger partial charge >= 0.3 is 6.18 Å². The lowest BCUT2D eigenvalue weighted by Gasteiger charge is -2.32. The maximum atomic E-state index is 12.5. The summed E-state index contributed by atoms with van der Waals surface area (Å²) in [5, 5.41) is 2.64. The van der Waals surface area contributed by atoms with Crippen molar-refractivity contribution in [2.75, 3.05) is 13.1 Å². The molecule has 2 aromatic carbocycles. The molecule has 0 saturated heterocycles. The molecule has 0 amide bonds. The number of alkyl halides is 3. The summed E-state index contributed by atoms with van der Waals surface area (Å²) in [6.45, 7) is -0.610. The van der Waals surface area contributed by atoms with Crippen LogP contribution < -0.4 is 5.32 Å². The van der Waals surface area contributed by atoms with Crippen LogP contribution in [0, 0.1) is 0 Å². The highest BCUT2D eigenvalue weighted by molar-refractivity contribution is 5.62. The Bertz CT molecular complexity index is 673. The van der Waals surface area contributed by atoms with Gasteiger partial charge in [-0.25, -0.2) is 0 Å². The third-order valence-electron chi connectivity index (χ3n) is 5.01. The van der Waals surface area contributed by atoms with E-state index < -0.39 is 12.7 Å². The molecule has 4 rings (SSSR count). The fourth-order valence-electron chi connectivity index (χ4n) is 4.25. The highest BCUT2D eigenvalue weighted by Crippen LogP contribution is 2.59. The minimum absolute atomic E-state index is 0.316. The summed E-state index contributed by atoms with van der Waals surface area (Å²) in [7, 11) is 0. The zero-order valence-electron chi connectivity index (χ0n) is 12.0. The Labute approximate surface area is 127 Å². The Morgan fingerprint density at radius 1 is 0.955 bits per heavy atom. The molecule has 0 aliphatic heterocycles. The number of fused-ring (bicyclic) bond motifs is 8. The van der Waals surface area contributed by atoms with Crippen LogP contribution in [0.2, 0.25) is 0 Å². The number of rotatable bonds is 3. The third-order valence-corrected chi connectivity index (χ3v) is 5.01. The van der Waals surface area contributed by atoms with Gasteiger partial charge in [0.25, 0.3) is 0 Å². The van der Waals surface area contributed by atoms with E-state index in [-0.39, 0.29) is 5.41 Å². The molecule has 0 aromatic heterocycles. The molecule has 0 radical (unpaired) electrons. The molecule has 0 atom stereocenters. The summed E-state index contributed by atoms with van der Waals surface area (Å²) in [6.07, 6.45) is -3.30. The zero-order valence-corrected chi connectivity index (χ0v) is 12.0. The lowest BCUT2D eigenvalue weighted by atomic mass is 9.75. The normalized spacial score (nSPS) is 25.1. The molecular formula is C18H16F3N. The predicted octanol–water partition coefficient (Wildman–Crippen LogP) is 3.97. The lowest BCUT2D eigenvalue weighted by Crippen LogP contribution is -2.40.